The van der Waals surface area contributed by atoms with E-state index in [9.17, 15) is 0 Å². The van der Waals surface area contributed by atoms with Gasteiger partial charge >= 0.3 is 0 Å². The molecule has 0 amide bonds. The summed E-state index contributed by atoms with van der Waals surface area (Å²) in [7, 11) is 1.63. The van der Waals surface area contributed by atoms with Crippen LogP contribution in [0.25, 0.3) is 28.1 Å². The van der Waals surface area contributed by atoms with Gasteiger partial charge < -0.3 is 14.5 Å². The number of imidazole rings is 1. The number of aromatic nitrogens is 5. The fourth-order valence-electron chi connectivity index (χ4n) is 3.05. The van der Waals surface area contributed by atoms with Gasteiger partial charge in [-0.05, 0) is 56.3 Å². The lowest BCUT2D eigenvalue weighted by molar-refractivity contribution is 0.254. The van der Waals surface area contributed by atoms with Crippen LogP contribution in [-0.4, -0.2) is 37.9 Å². The summed E-state index contributed by atoms with van der Waals surface area (Å²) in [6.45, 7) is 3.95. The molecule has 0 saturated heterocycles. The van der Waals surface area contributed by atoms with Crippen LogP contribution in [0, 0.1) is 0 Å². The lowest BCUT2D eigenvalue weighted by atomic mass is 10.2. The third kappa shape index (κ3) is 3.46. The minimum Gasteiger partial charge on any atom is -0.493 e. The van der Waals surface area contributed by atoms with Crippen LogP contribution in [0.4, 0.5) is 0 Å². The fraction of sp³-hybridized carbons (Fsp3) is 0.190. The van der Waals surface area contributed by atoms with Gasteiger partial charge in [0.2, 0.25) is 0 Å². The Bertz CT molecular complexity index is 1120. The van der Waals surface area contributed by atoms with Crippen LogP contribution in [0.5, 0.6) is 11.5 Å². The van der Waals surface area contributed by atoms with Crippen LogP contribution < -0.4 is 9.47 Å². The van der Waals surface area contributed by atoms with E-state index in [2.05, 4.69) is 15.1 Å². The molecule has 7 heteroatoms. The van der Waals surface area contributed by atoms with E-state index in [0.717, 1.165) is 28.1 Å². The smallest absolute Gasteiger partial charge is 0.162 e. The summed E-state index contributed by atoms with van der Waals surface area (Å²) in [5.41, 5.74) is 3.63. The molecule has 1 atom stereocenters. The fourth-order valence-corrected chi connectivity index (χ4v) is 3.05. The first kappa shape index (κ1) is 17.8. The normalized spacial score (nSPS) is 12.5. The van der Waals surface area contributed by atoms with Gasteiger partial charge in [0.15, 0.2) is 11.5 Å². The summed E-state index contributed by atoms with van der Waals surface area (Å²) >= 11 is 0. The molecule has 1 unspecified atom stereocenters. The highest BCUT2D eigenvalue weighted by Gasteiger charge is 2.12. The number of rotatable bonds is 6. The largest absolute Gasteiger partial charge is 0.493 e. The third-order valence-corrected chi connectivity index (χ3v) is 4.36. The standard InChI is InChI=1S/C21H21N5O2/c1-4-5-14(2)28-20-10-15(6-9-19(20)27-3)21-24-17-8-7-16(11-18(17)25-21)26-13-22-12-23-26/h4-14H,1-3H3,(H,24,25). The molecule has 142 valence electrons. The molecular formula is C21H21N5O2. The van der Waals surface area contributed by atoms with Gasteiger partial charge in [-0.15, -0.1) is 0 Å². The average molecular weight is 375 g/mol. The Morgan fingerprint density at radius 3 is 2.79 bits per heavy atom. The lowest BCUT2D eigenvalue weighted by Gasteiger charge is -2.15. The number of aromatic amines is 1. The number of allylic oxidation sites excluding steroid dienone is 1. The number of hydrogen-bond donors (Lipinski definition) is 1. The topological polar surface area (TPSA) is 77.9 Å². The average Bonchev–Trinajstić information content (AvgIpc) is 3.37. The molecule has 2 aromatic carbocycles. The molecule has 0 fully saturated rings. The molecule has 1 N–H and O–H groups in total. The Hall–Kier alpha value is -3.61. The Morgan fingerprint density at radius 2 is 2.04 bits per heavy atom. The van der Waals surface area contributed by atoms with Gasteiger partial charge in [-0.2, -0.15) is 5.10 Å². The van der Waals surface area contributed by atoms with E-state index in [1.54, 1.807) is 18.1 Å². The molecule has 4 rings (SSSR count). The molecule has 0 saturated carbocycles. The van der Waals surface area contributed by atoms with Gasteiger partial charge in [0.1, 0.15) is 24.6 Å². The molecule has 0 bridgehead atoms. The molecule has 2 aromatic heterocycles. The van der Waals surface area contributed by atoms with Crippen LogP contribution in [0.2, 0.25) is 0 Å². The molecule has 7 nitrogen and oxygen atoms in total. The number of H-pyrrole nitrogens is 1. The van der Waals surface area contributed by atoms with E-state index in [0.29, 0.717) is 11.5 Å². The summed E-state index contributed by atoms with van der Waals surface area (Å²) in [5, 5.41) is 4.17. The van der Waals surface area contributed by atoms with Crippen molar-refractivity contribution in [1.82, 2.24) is 24.7 Å². The van der Waals surface area contributed by atoms with Crippen molar-refractivity contribution < 1.29 is 9.47 Å². The van der Waals surface area contributed by atoms with Crippen molar-refractivity contribution in [2.24, 2.45) is 0 Å². The Labute approximate surface area is 162 Å². The van der Waals surface area contributed by atoms with Crippen molar-refractivity contribution in [3.63, 3.8) is 0 Å². The SMILES string of the molecule is CC=CC(C)Oc1cc(-c2nc3ccc(-n4cncn4)cc3[nH]2)ccc1OC. The molecule has 0 aliphatic heterocycles. The van der Waals surface area contributed by atoms with E-state index in [4.69, 9.17) is 14.5 Å². The summed E-state index contributed by atoms with van der Waals surface area (Å²) < 4.78 is 13.2. The molecule has 0 spiro atoms. The lowest BCUT2D eigenvalue weighted by Crippen LogP contribution is -2.08. The van der Waals surface area contributed by atoms with Crippen molar-refractivity contribution in [2.75, 3.05) is 7.11 Å². The molecule has 4 aromatic rings. The van der Waals surface area contributed by atoms with E-state index in [1.165, 1.54) is 6.33 Å². The highest BCUT2D eigenvalue weighted by atomic mass is 16.5. The molecule has 0 aliphatic rings. The van der Waals surface area contributed by atoms with Gasteiger partial charge in [0.25, 0.3) is 0 Å². The molecule has 0 radical (unpaired) electrons. The Morgan fingerprint density at radius 1 is 1.14 bits per heavy atom. The minimum atomic E-state index is -0.0601. The number of nitrogens with zero attached hydrogens (tertiary/aromatic N) is 4. The maximum absolute atomic E-state index is 6.01. The van der Waals surface area contributed by atoms with Crippen LogP contribution in [0.1, 0.15) is 13.8 Å². The Kier molecular flexibility index (Phi) is 4.80. The van der Waals surface area contributed by atoms with Gasteiger partial charge in [0.05, 0.1) is 23.8 Å². The van der Waals surface area contributed by atoms with Crippen molar-refractivity contribution in [3.8, 4) is 28.6 Å². The number of hydrogen-bond acceptors (Lipinski definition) is 5. The maximum Gasteiger partial charge on any atom is 0.162 e. The first-order chi connectivity index (χ1) is 13.7. The zero-order valence-corrected chi connectivity index (χ0v) is 16.0. The van der Waals surface area contributed by atoms with Gasteiger partial charge in [0, 0.05) is 5.56 Å². The van der Waals surface area contributed by atoms with Gasteiger partial charge in [-0.25, -0.2) is 14.6 Å². The maximum atomic E-state index is 6.01. The minimum absolute atomic E-state index is 0.0601. The van der Waals surface area contributed by atoms with Crippen molar-refractivity contribution in [1.29, 1.82) is 0 Å². The summed E-state index contributed by atoms with van der Waals surface area (Å²) in [4.78, 5) is 12.1. The molecular weight excluding hydrogens is 354 g/mol. The van der Waals surface area contributed by atoms with Gasteiger partial charge in [-0.1, -0.05) is 6.08 Å². The van der Waals surface area contributed by atoms with Crippen LogP contribution in [0.15, 0.2) is 61.2 Å². The second kappa shape index (κ2) is 7.56. The predicted molar refractivity (Wildman–Crippen MR) is 108 cm³/mol. The Balaban J connectivity index is 1.70. The zero-order chi connectivity index (χ0) is 19.5. The van der Waals surface area contributed by atoms with E-state index < -0.39 is 0 Å². The highest BCUT2D eigenvalue weighted by molar-refractivity contribution is 5.81. The number of ether oxygens (including phenoxy) is 2. The first-order valence-electron chi connectivity index (χ1n) is 9.00. The quantitative estimate of drug-likeness (QED) is 0.512. The van der Waals surface area contributed by atoms with Gasteiger partial charge in [-0.3, -0.25) is 0 Å². The summed E-state index contributed by atoms with van der Waals surface area (Å²) in [6, 6.07) is 11.7. The van der Waals surface area contributed by atoms with Crippen LogP contribution >= 0.6 is 0 Å². The monoisotopic (exact) mass is 375 g/mol. The summed E-state index contributed by atoms with van der Waals surface area (Å²) in [5.74, 6) is 2.12. The highest BCUT2D eigenvalue weighted by Crippen LogP contribution is 2.33. The van der Waals surface area contributed by atoms with Crippen molar-refractivity contribution >= 4 is 11.0 Å². The van der Waals surface area contributed by atoms with Crippen molar-refractivity contribution in [3.05, 3.63) is 61.2 Å². The zero-order valence-electron chi connectivity index (χ0n) is 16.0. The number of benzene rings is 2. The first-order valence-corrected chi connectivity index (χ1v) is 9.00. The van der Waals surface area contributed by atoms with Crippen LogP contribution in [0.3, 0.4) is 0 Å². The molecule has 0 aliphatic carbocycles. The summed E-state index contributed by atoms with van der Waals surface area (Å²) in [6.07, 6.45) is 7.06. The predicted octanol–water partition coefficient (Wildman–Crippen LogP) is 4.16. The van der Waals surface area contributed by atoms with E-state index in [1.807, 2.05) is 62.4 Å². The second-order valence-electron chi connectivity index (χ2n) is 6.34. The number of methoxy groups -OCH3 is 1. The van der Waals surface area contributed by atoms with E-state index >= 15 is 0 Å². The number of nitrogens with one attached hydrogen (secondary N) is 1. The van der Waals surface area contributed by atoms with Crippen LogP contribution in [-0.2, 0) is 0 Å². The molecule has 2 heterocycles. The third-order valence-electron chi connectivity index (χ3n) is 4.36. The van der Waals surface area contributed by atoms with E-state index in [-0.39, 0.29) is 6.10 Å². The molecule has 28 heavy (non-hydrogen) atoms. The second-order valence-corrected chi connectivity index (χ2v) is 6.34. The van der Waals surface area contributed by atoms with Crippen molar-refractivity contribution in [2.45, 2.75) is 20.0 Å². The number of fused-ring (bicyclic) bond motifs is 1.